The van der Waals surface area contributed by atoms with Gasteiger partial charge in [0.25, 0.3) is 15.9 Å². The molecule has 2 rings (SSSR count). The lowest BCUT2D eigenvalue weighted by Gasteiger charge is -2.09. The summed E-state index contributed by atoms with van der Waals surface area (Å²) in [6, 6.07) is 14.0. The average Bonchev–Trinajstić information content (AvgIpc) is 2.56. The van der Waals surface area contributed by atoms with Gasteiger partial charge in [0.05, 0.1) is 24.0 Å². The van der Waals surface area contributed by atoms with Crippen molar-refractivity contribution in [2.24, 2.45) is 0 Å². The number of carbonyl (C=O) groups is 1. The Balaban J connectivity index is 2.17. The van der Waals surface area contributed by atoms with Crippen LogP contribution in [0.1, 0.15) is 22.8 Å². The molecule has 0 bridgehead atoms. The van der Waals surface area contributed by atoms with Gasteiger partial charge in [-0.05, 0) is 48.9 Å². The van der Waals surface area contributed by atoms with Gasteiger partial charge in [0.1, 0.15) is 5.75 Å². The molecule has 0 aliphatic rings. The SMILES string of the molecule is CCOc1ccc(S(=O)(=O)NC(=O)c2cccc(CC#N)c2)cc1. The largest absolute Gasteiger partial charge is 0.494 e. The Morgan fingerprint density at radius 2 is 1.92 bits per heavy atom. The van der Waals surface area contributed by atoms with Gasteiger partial charge in [0.15, 0.2) is 0 Å². The average molecular weight is 344 g/mol. The van der Waals surface area contributed by atoms with Gasteiger partial charge in [-0.2, -0.15) is 5.26 Å². The van der Waals surface area contributed by atoms with Crippen LogP contribution in [0.15, 0.2) is 53.4 Å². The van der Waals surface area contributed by atoms with Gasteiger partial charge < -0.3 is 4.74 Å². The number of hydrogen-bond donors (Lipinski definition) is 1. The van der Waals surface area contributed by atoms with E-state index in [4.69, 9.17) is 10.00 Å². The Morgan fingerprint density at radius 1 is 1.21 bits per heavy atom. The Labute approximate surface area is 140 Å². The van der Waals surface area contributed by atoms with E-state index in [9.17, 15) is 13.2 Å². The lowest BCUT2D eigenvalue weighted by molar-refractivity contribution is 0.0981. The summed E-state index contributed by atoms with van der Waals surface area (Å²) in [5, 5.41) is 8.69. The first-order valence-electron chi connectivity index (χ1n) is 7.22. The first kappa shape index (κ1) is 17.5. The summed E-state index contributed by atoms with van der Waals surface area (Å²) in [4.78, 5) is 12.1. The minimum absolute atomic E-state index is 0.0347. The highest BCUT2D eigenvalue weighted by Crippen LogP contribution is 2.16. The second-order valence-electron chi connectivity index (χ2n) is 4.87. The first-order chi connectivity index (χ1) is 11.5. The molecule has 0 heterocycles. The predicted molar refractivity (Wildman–Crippen MR) is 88.0 cm³/mol. The van der Waals surface area contributed by atoms with Crippen LogP contribution >= 0.6 is 0 Å². The number of nitriles is 1. The molecule has 0 unspecified atom stereocenters. The molecule has 0 radical (unpaired) electrons. The Morgan fingerprint density at radius 3 is 2.54 bits per heavy atom. The third-order valence-corrected chi connectivity index (χ3v) is 4.49. The van der Waals surface area contributed by atoms with Crippen molar-refractivity contribution in [1.82, 2.24) is 4.72 Å². The van der Waals surface area contributed by atoms with Crippen molar-refractivity contribution in [2.75, 3.05) is 6.61 Å². The number of sulfonamides is 1. The van der Waals surface area contributed by atoms with Crippen LogP contribution in [0.5, 0.6) is 5.75 Å². The zero-order valence-corrected chi connectivity index (χ0v) is 13.8. The van der Waals surface area contributed by atoms with Crippen LogP contribution in [0.4, 0.5) is 0 Å². The maximum atomic E-state index is 12.3. The fourth-order valence-corrected chi connectivity index (χ4v) is 3.01. The van der Waals surface area contributed by atoms with Gasteiger partial charge >= 0.3 is 0 Å². The number of ether oxygens (including phenoxy) is 1. The Hall–Kier alpha value is -2.85. The number of hydrogen-bond acceptors (Lipinski definition) is 5. The van der Waals surface area contributed by atoms with E-state index in [1.807, 2.05) is 17.7 Å². The molecular formula is C17H16N2O4S. The summed E-state index contributed by atoms with van der Waals surface area (Å²) in [5.41, 5.74) is 0.820. The molecule has 0 atom stereocenters. The van der Waals surface area contributed by atoms with Crippen molar-refractivity contribution < 1.29 is 17.9 Å². The normalized spacial score (nSPS) is 10.7. The predicted octanol–water partition coefficient (Wildman–Crippen LogP) is 2.27. The van der Waals surface area contributed by atoms with Gasteiger partial charge in [0, 0.05) is 5.56 Å². The minimum Gasteiger partial charge on any atom is -0.494 e. The van der Waals surface area contributed by atoms with Crippen molar-refractivity contribution in [3.63, 3.8) is 0 Å². The van der Waals surface area contributed by atoms with Crippen LogP contribution in [0.3, 0.4) is 0 Å². The van der Waals surface area contributed by atoms with Crippen LogP contribution in [0.25, 0.3) is 0 Å². The fraction of sp³-hybridized carbons (Fsp3) is 0.176. The molecule has 1 amide bonds. The lowest BCUT2D eigenvalue weighted by Crippen LogP contribution is -2.30. The summed E-state index contributed by atoms with van der Waals surface area (Å²) < 4.78 is 31.8. The van der Waals surface area contributed by atoms with E-state index >= 15 is 0 Å². The molecule has 0 aromatic heterocycles. The summed E-state index contributed by atoms with van der Waals surface area (Å²) in [5.74, 6) is -0.198. The standard InChI is InChI=1S/C17H16N2O4S/c1-2-23-15-6-8-16(9-7-15)24(21,22)19-17(20)14-5-3-4-13(12-14)10-11-18/h3-9,12H,2,10H2,1H3,(H,19,20). The maximum Gasteiger partial charge on any atom is 0.265 e. The molecule has 124 valence electrons. The van der Waals surface area contributed by atoms with Gasteiger partial charge in [-0.3, -0.25) is 4.79 Å². The number of nitrogens with one attached hydrogen (secondary N) is 1. The lowest BCUT2D eigenvalue weighted by atomic mass is 10.1. The highest BCUT2D eigenvalue weighted by Gasteiger charge is 2.19. The maximum absolute atomic E-state index is 12.3. The van der Waals surface area contributed by atoms with Gasteiger partial charge in [0.2, 0.25) is 0 Å². The van der Waals surface area contributed by atoms with Crippen molar-refractivity contribution in [2.45, 2.75) is 18.2 Å². The number of benzene rings is 2. The number of carbonyl (C=O) groups excluding carboxylic acids is 1. The molecular weight excluding hydrogens is 328 g/mol. The molecule has 0 aliphatic carbocycles. The summed E-state index contributed by atoms with van der Waals surface area (Å²) in [7, 11) is -3.98. The van der Waals surface area contributed by atoms with E-state index in [0.29, 0.717) is 17.9 Å². The third-order valence-electron chi connectivity index (χ3n) is 3.14. The van der Waals surface area contributed by atoms with E-state index < -0.39 is 15.9 Å². The van der Waals surface area contributed by atoms with Crippen molar-refractivity contribution in [3.05, 3.63) is 59.7 Å². The topological polar surface area (TPSA) is 96.3 Å². The quantitative estimate of drug-likeness (QED) is 0.867. The molecule has 2 aromatic rings. The minimum atomic E-state index is -3.98. The van der Waals surface area contributed by atoms with Gasteiger partial charge in [-0.15, -0.1) is 0 Å². The van der Waals surface area contributed by atoms with Crippen LogP contribution in [-0.2, 0) is 16.4 Å². The summed E-state index contributed by atoms with van der Waals surface area (Å²) in [6.07, 6.45) is 0.146. The molecule has 0 fully saturated rings. The zero-order valence-electron chi connectivity index (χ0n) is 13.0. The molecule has 1 N–H and O–H groups in total. The summed E-state index contributed by atoms with van der Waals surface area (Å²) in [6.45, 7) is 2.30. The van der Waals surface area contributed by atoms with E-state index in [0.717, 1.165) is 0 Å². The van der Waals surface area contributed by atoms with Crippen molar-refractivity contribution in [3.8, 4) is 11.8 Å². The molecule has 7 heteroatoms. The van der Waals surface area contributed by atoms with E-state index in [2.05, 4.69) is 0 Å². The van der Waals surface area contributed by atoms with Gasteiger partial charge in [-0.25, -0.2) is 13.1 Å². The number of nitrogens with zero attached hydrogens (tertiary/aromatic N) is 1. The van der Waals surface area contributed by atoms with Gasteiger partial charge in [-0.1, -0.05) is 12.1 Å². The van der Waals surface area contributed by atoms with Crippen molar-refractivity contribution in [1.29, 1.82) is 5.26 Å². The van der Waals surface area contributed by atoms with Crippen LogP contribution < -0.4 is 9.46 Å². The van der Waals surface area contributed by atoms with Crippen LogP contribution in [0.2, 0.25) is 0 Å². The Kier molecular flexibility index (Phi) is 5.55. The second kappa shape index (κ2) is 7.62. The summed E-state index contributed by atoms with van der Waals surface area (Å²) >= 11 is 0. The molecule has 2 aromatic carbocycles. The second-order valence-corrected chi connectivity index (χ2v) is 6.56. The number of amides is 1. The molecule has 0 aliphatic heterocycles. The Bertz CT molecular complexity index is 868. The molecule has 24 heavy (non-hydrogen) atoms. The highest BCUT2D eigenvalue weighted by atomic mass is 32.2. The van der Waals surface area contributed by atoms with E-state index in [1.54, 1.807) is 12.1 Å². The highest BCUT2D eigenvalue weighted by molar-refractivity contribution is 7.90. The van der Waals surface area contributed by atoms with Crippen LogP contribution in [-0.4, -0.2) is 20.9 Å². The fourth-order valence-electron chi connectivity index (χ4n) is 2.04. The zero-order chi connectivity index (χ0) is 17.6. The molecule has 0 saturated heterocycles. The van der Waals surface area contributed by atoms with E-state index in [1.165, 1.54) is 36.4 Å². The van der Waals surface area contributed by atoms with E-state index in [-0.39, 0.29) is 16.9 Å². The molecule has 6 nitrogen and oxygen atoms in total. The molecule has 0 spiro atoms. The monoisotopic (exact) mass is 344 g/mol. The first-order valence-corrected chi connectivity index (χ1v) is 8.70. The van der Waals surface area contributed by atoms with Crippen LogP contribution in [0, 0.1) is 11.3 Å². The molecule has 0 saturated carbocycles. The number of rotatable bonds is 6. The van der Waals surface area contributed by atoms with Crippen molar-refractivity contribution >= 4 is 15.9 Å². The smallest absolute Gasteiger partial charge is 0.265 e. The third kappa shape index (κ3) is 4.33.